The third-order valence-electron chi connectivity index (χ3n) is 7.18. The molecule has 4 heterocycles. The highest BCUT2D eigenvalue weighted by molar-refractivity contribution is 5.86. The first-order valence-corrected chi connectivity index (χ1v) is 11.7. The van der Waals surface area contributed by atoms with Crippen LogP contribution in [-0.4, -0.2) is 82.5 Å². The lowest BCUT2D eigenvalue weighted by Crippen LogP contribution is -2.54. The number of carbonyl (C=O) groups is 1. The summed E-state index contributed by atoms with van der Waals surface area (Å²) in [5.41, 5.74) is 2.37. The lowest BCUT2D eigenvalue weighted by molar-refractivity contribution is -0.122. The van der Waals surface area contributed by atoms with Gasteiger partial charge in [-0.15, -0.1) is 0 Å². The lowest BCUT2D eigenvalue weighted by Gasteiger charge is -2.42. The Morgan fingerprint density at radius 1 is 1.26 bits per heavy atom. The molecule has 0 radical (unpaired) electrons. The van der Waals surface area contributed by atoms with Gasteiger partial charge >= 0.3 is 0 Å². The van der Waals surface area contributed by atoms with Crippen LogP contribution in [0.5, 0.6) is 0 Å². The summed E-state index contributed by atoms with van der Waals surface area (Å²) < 4.78 is 7.69. The highest BCUT2D eigenvalue weighted by Crippen LogP contribution is 2.28. The number of aromatic nitrogens is 1. The molecule has 0 aliphatic carbocycles. The van der Waals surface area contributed by atoms with Crippen molar-refractivity contribution in [2.75, 3.05) is 32.8 Å². The van der Waals surface area contributed by atoms with E-state index in [0.717, 1.165) is 57.6 Å². The maximum Gasteiger partial charge on any atom is 0.240 e. The normalized spacial score (nSPS) is 29.5. The minimum Gasteiger partial charge on any atom is -0.392 e. The number of nitrogens with zero attached hydrogens (tertiary/aromatic N) is 3. The van der Waals surface area contributed by atoms with Gasteiger partial charge in [0.1, 0.15) is 6.54 Å². The van der Waals surface area contributed by atoms with E-state index >= 15 is 0 Å². The number of hydrogen-bond donors (Lipinski definition) is 2. The van der Waals surface area contributed by atoms with Gasteiger partial charge in [0.15, 0.2) is 0 Å². The van der Waals surface area contributed by atoms with Crippen LogP contribution in [0.4, 0.5) is 0 Å². The molecule has 0 unspecified atom stereocenters. The van der Waals surface area contributed by atoms with Crippen molar-refractivity contribution < 1.29 is 14.6 Å². The van der Waals surface area contributed by atoms with Crippen molar-refractivity contribution >= 4 is 16.8 Å². The minimum absolute atomic E-state index is 0.0322. The number of benzene rings is 1. The fourth-order valence-electron chi connectivity index (χ4n) is 5.54. The van der Waals surface area contributed by atoms with E-state index in [2.05, 4.69) is 51.0 Å². The third kappa shape index (κ3) is 4.51. The summed E-state index contributed by atoms with van der Waals surface area (Å²) >= 11 is 0. The minimum atomic E-state index is -0.188. The van der Waals surface area contributed by atoms with E-state index in [9.17, 15) is 9.90 Å². The molecule has 3 fully saturated rings. The highest BCUT2D eigenvalue weighted by atomic mass is 16.5. The quantitative estimate of drug-likeness (QED) is 0.734. The number of para-hydroxylation sites is 1. The fourth-order valence-corrected chi connectivity index (χ4v) is 5.54. The number of hydrogen-bond acceptors (Lipinski definition) is 5. The molecular formula is C24H34N4O3. The molecule has 1 aromatic carbocycles. The van der Waals surface area contributed by atoms with Crippen LogP contribution in [0.15, 0.2) is 30.5 Å². The summed E-state index contributed by atoms with van der Waals surface area (Å²) in [5, 5.41) is 14.3. The average molecular weight is 427 g/mol. The van der Waals surface area contributed by atoms with E-state index in [1.54, 1.807) is 0 Å². The van der Waals surface area contributed by atoms with Crippen LogP contribution in [-0.2, 0) is 22.6 Å². The summed E-state index contributed by atoms with van der Waals surface area (Å²) in [6, 6.07) is 9.25. The summed E-state index contributed by atoms with van der Waals surface area (Å²) in [5.74, 6) is 0.0322. The third-order valence-corrected chi connectivity index (χ3v) is 7.18. The van der Waals surface area contributed by atoms with Crippen LogP contribution < -0.4 is 5.32 Å². The lowest BCUT2D eigenvalue weighted by atomic mass is 10.1. The van der Waals surface area contributed by atoms with E-state index in [4.69, 9.17) is 4.74 Å². The Hall–Kier alpha value is -1.93. The Bertz CT molecular complexity index is 923. The first-order valence-electron chi connectivity index (χ1n) is 11.7. The van der Waals surface area contributed by atoms with Gasteiger partial charge in [-0.1, -0.05) is 18.2 Å². The van der Waals surface area contributed by atoms with Crippen LogP contribution in [0.3, 0.4) is 0 Å². The van der Waals surface area contributed by atoms with E-state index in [-0.39, 0.29) is 18.1 Å². The van der Waals surface area contributed by atoms with Crippen LogP contribution in [0.25, 0.3) is 10.9 Å². The smallest absolute Gasteiger partial charge is 0.240 e. The molecule has 168 valence electrons. The number of aliphatic hydroxyl groups excluding tert-OH is 1. The van der Waals surface area contributed by atoms with Gasteiger partial charge in [-0.3, -0.25) is 14.6 Å². The second kappa shape index (κ2) is 8.90. The maximum atomic E-state index is 12.6. The Balaban J connectivity index is 1.28. The van der Waals surface area contributed by atoms with Gasteiger partial charge in [-0.25, -0.2) is 0 Å². The van der Waals surface area contributed by atoms with Gasteiger partial charge in [-0.2, -0.15) is 0 Å². The Kier molecular flexibility index (Phi) is 6.01. The molecule has 1 amide bonds. The van der Waals surface area contributed by atoms with Gasteiger partial charge in [0.05, 0.1) is 12.2 Å². The first kappa shape index (κ1) is 20.9. The van der Waals surface area contributed by atoms with Gasteiger partial charge in [0.2, 0.25) is 5.91 Å². The zero-order valence-electron chi connectivity index (χ0n) is 18.4. The molecule has 7 nitrogen and oxygen atoms in total. The predicted octanol–water partition coefficient (Wildman–Crippen LogP) is 1.58. The van der Waals surface area contributed by atoms with Gasteiger partial charge in [-0.05, 0) is 37.8 Å². The molecule has 5 rings (SSSR count). The largest absolute Gasteiger partial charge is 0.392 e. The molecule has 3 aliphatic heterocycles. The van der Waals surface area contributed by atoms with Crippen molar-refractivity contribution in [3.8, 4) is 0 Å². The molecule has 7 heteroatoms. The molecule has 3 aliphatic rings. The molecule has 3 saturated heterocycles. The number of aliphatic hydroxyl groups is 1. The van der Waals surface area contributed by atoms with Gasteiger partial charge in [0, 0.05) is 68.5 Å². The Morgan fingerprint density at radius 2 is 2.13 bits per heavy atom. The fraction of sp³-hybridized carbons (Fsp3) is 0.625. The number of amides is 1. The van der Waals surface area contributed by atoms with Crippen LogP contribution >= 0.6 is 0 Å². The van der Waals surface area contributed by atoms with Crippen LogP contribution in [0, 0.1) is 0 Å². The molecular weight excluding hydrogens is 392 g/mol. The standard InChI is InChI=1S/C24H34N4O3/c1-17-11-27-15-20(29)9-19(27)14-26(17)12-18-13-28(23-7-3-2-6-22(18)23)16-24(30)25-10-21-5-4-8-31-21/h2-3,6-7,13,17,19-21,29H,4-5,8-12,14-16H2,1H3,(H,25,30)/t17-,19+,20-,21+/m1/s1. The number of piperazine rings is 1. The summed E-state index contributed by atoms with van der Waals surface area (Å²) in [6.07, 6.45) is 5.11. The average Bonchev–Trinajstić information content (AvgIpc) is 3.47. The zero-order chi connectivity index (χ0) is 21.4. The molecule has 0 spiro atoms. The second-order valence-electron chi connectivity index (χ2n) is 9.51. The summed E-state index contributed by atoms with van der Waals surface area (Å²) in [6.45, 7) is 7.67. The van der Waals surface area contributed by atoms with Crippen LogP contribution in [0.2, 0.25) is 0 Å². The van der Waals surface area contributed by atoms with E-state index < -0.39 is 0 Å². The molecule has 2 aromatic rings. The van der Waals surface area contributed by atoms with Crippen molar-refractivity contribution in [3.05, 3.63) is 36.0 Å². The van der Waals surface area contributed by atoms with Crippen molar-refractivity contribution in [2.24, 2.45) is 0 Å². The SMILES string of the molecule is C[C@@H]1CN2C[C@H](O)C[C@H]2CN1Cc1cn(CC(=O)NC[C@@H]2CCCO2)c2ccccc12. The van der Waals surface area contributed by atoms with Crippen molar-refractivity contribution in [1.82, 2.24) is 19.7 Å². The Morgan fingerprint density at radius 3 is 2.97 bits per heavy atom. The topological polar surface area (TPSA) is 70.0 Å². The van der Waals surface area contributed by atoms with E-state index in [0.29, 0.717) is 25.2 Å². The number of nitrogens with one attached hydrogen (secondary N) is 1. The number of fused-ring (bicyclic) bond motifs is 2. The number of carbonyl (C=O) groups excluding carboxylic acids is 1. The van der Waals surface area contributed by atoms with E-state index in [1.165, 1.54) is 10.9 Å². The predicted molar refractivity (Wildman–Crippen MR) is 120 cm³/mol. The molecule has 1 aromatic heterocycles. The number of rotatable bonds is 6. The van der Waals surface area contributed by atoms with Crippen molar-refractivity contribution in [3.63, 3.8) is 0 Å². The van der Waals surface area contributed by atoms with Crippen molar-refractivity contribution in [1.29, 1.82) is 0 Å². The molecule has 31 heavy (non-hydrogen) atoms. The summed E-state index contributed by atoms with van der Waals surface area (Å²) in [7, 11) is 0. The molecule has 0 bridgehead atoms. The van der Waals surface area contributed by atoms with Gasteiger partial charge in [0.25, 0.3) is 0 Å². The zero-order valence-corrected chi connectivity index (χ0v) is 18.4. The first-order chi connectivity index (χ1) is 15.1. The van der Waals surface area contributed by atoms with Crippen LogP contribution in [0.1, 0.15) is 31.7 Å². The monoisotopic (exact) mass is 426 g/mol. The molecule has 0 saturated carbocycles. The van der Waals surface area contributed by atoms with Gasteiger partial charge < -0.3 is 19.7 Å². The van der Waals surface area contributed by atoms with E-state index in [1.807, 2.05) is 6.07 Å². The molecule has 4 atom stereocenters. The number of ether oxygens (including phenoxy) is 1. The van der Waals surface area contributed by atoms with Crippen molar-refractivity contribution in [2.45, 2.75) is 63.6 Å². The highest BCUT2D eigenvalue weighted by Gasteiger charge is 2.38. The molecule has 2 N–H and O–H groups in total. The summed E-state index contributed by atoms with van der Waals surface area (Å²) in [4.78, 5) is 17.6. The second-order valence-corrected chi connectivity index (χ2v) is 9.51. The Labute approximate surface area is 183 Å². The maximum absolute atomic E-state index is 12.6.